The molecular weight excluding hydrogens is 294 g/mol. The van der Waals surface area contributed by atoms with Gasteiger partial charge in [-0.05, 0) is 19.4 Å². The van der Waals surface area contributed by atoms with Crippen LogP contribution >= 0.6 is 11.8 Å². The minimum Gasteiger partial charge on any atom is -0.370 e. The summed E-state index contributed by atoms with van der Waals surface area (Å²) < 4.78 is 0. The van der Waals surface area contributed by atoms with E-state index < -0.39 is 0 Å². The van der Waals surface area contributed by atoms with Crippen LogP contribution in [-0.4, -0.2) is 54.2 Å². The van der Waals surface area contributed by atoms with E-state index in [4.69, 9.17) is 9.97 Å². The normalized spacial score (nSPS) is 18.7. The zero-order chi connectivity index (χ0) is 15.2. The summed E-state index contributed by atoms with van der Waals surface area (Å²) in [6.07, 6.45) is 4.43. The Labute approximate surface area is 137 Å². The third kappa shape index (κ3) is 3.84. The Morgan fingerprint density at radius 3 is 2.82 bits per heavy atom. The van der Waals surface area contributed by atoms with E-state index in [0.717, 1.165) is 57.3 Å². The van der Waals surface area contributed by atoms with E-state index in [1.165, 1.54) is 35.6 Å². The van der Waals surface area contributed by atoms with Crippen molar-refractivity contribution in [2.45, 2.75) is 32.6 Å². The number of hydrogen-bond acceptors (Lipinski definition) is 6. The van der Waals surface area contributed by atoms with E-state index in [9.17, 15) is 0 Å². The summed E-state index contributed by atoms with van der Waals surface area (Å²) in [4.78, 5) is 12.1. The predicted octanol–water partition coefficient (Wildman–Crippen LogP) is 1.93. The molecule has 3 rings (SSSR count). The van der Waals surface area contributed by atoms with E-state index in [2.05, 4.69) is 22.5 Å². The smallest absolute Gasteiger partial charge is 0.227 e. The summed E-state index contributed by atoms with van der Waals surface area (Å²) in [6.45, 7) is 7.41. The van der Waals surface area contributed by atoms with Gasteiger partial charge in [0, 0.05) is 49.7 Å². The van der Waals surface area contributed by atoms with Gasteiger partial charge in [-0.25, -0.2) is 4.98 Å². The number of anilines is 2. The van der Waals surface area contributed by atoms with E-state index in [1.54, 1.807) is 0 Å². The van der Waals surface area contributed by atoms with Crippen molar-refractivity contribution in [1.29, 1.82) is 0 Å². The monoisotopic (exact) mass is 321 g/mol. The Bertz CT molecular complexity index is 488. The van der Waals surface area contributed by atoms with Gasteiger partial charge in [-0.15, -0.1) is 0 Å². The van der Waals surface area contributed by atoms with Crippen LogP contribution in [0.2, 0.25) is 0 Å². The maximum atomic E-state index is 4.91. The largest absolute Gasteiger partial charge is 0.370 e. The molecule has 122 valence electrons. The van der Waals surface area contributed by atoms with Gasteiger partial charge in [-0.2, -0.15) is 16.7 Å². The molecule has 2 aliphatic heterocycles. The first kappa shape index (κ1) is 15.9. The lowest BCUT2D eigenvalue weighted by Crippen LogP contribution is -2.34. The molecule has 0 unspecified atom stereocenters. The quantitative estimate of drug-likeness (QED) is 0.808. The highest BCUT2D eigenvalue weighted by atomic mass is 32.2. The standard InChI is InChI=1S/C16H27N5S/c1-2-3-6-18-15-13-4-7-17-8-5-14(13)19-16(20-15)21-9-11-22-12-10-21/h17H,2-12H2,1H3,(H,18,19,20). The topological polar surface area (TPSA) is 53.1 Å². The summed E-state index contributed by atoms with van der Waals surface area (Å²) in [5.74, 6) is 4.37. The maximum Gasteiger partial charge on any atom is 0.227 e. The van der Waals surface area contributed by atoms with Crippen molar-refractivity contribution < 1.29 is 0 Å². The molecule has 0 bridgehead atoms. The molecule has 0 spiro atoms. The number of hydrogen-bond donors (Lipinski definition) is 2. The van der Waals surface area contributed by atoms with Crippen LogP contribution in [-0.2, 0) is 12.8 Å². The van der Waals surface area contributed by atoms with E-state index in [0.29, 0.717) is 0 Å². The van der Waals surface area contributed by atoms with Crippen molar-refractivity contribution in [3.05, 3.63) is 11.3 Å². The Hall–Kier alpha value is -1.01. The van der Waals surface area contributed by atoms with Crippen molar-refractivity contribution in [2.75, 3.05) is 54.4 Å². The van der Waals surface area contributed by atoms with Crippen LogP contribution in [0.25, 0.3) is 0 Å². The number of thioether (sulfide) groups is 1. The fraction of sp³-hybridized carbons (Fsp3) is 0.750. The van der Waals surface area contributed by atoms with E-state index in [-0.39, 0.29) is 0 Å². The van der Waals surface area contributed by atoms with Crippen LogP contribution in [0.5, 0.6) is 0 Å². The van der Waals surface area contributed by atoms with Gasteiger partial charge in [0.05, 0.1) is 5.69 Å². The molecule has 6 heteroatoms. The van der Waals surface area contributed by atoms with Gasteiger partial charge in [0.2, 0.25) is 5.95 Å². The van der Waals surface area contributed by atoms with Crippen molar-refractivity contribution in [3.8, 4) is 0 Å². The van der Waals surface area contributed by atoms with Gasteiger partial charge < -0.3 is 15.5 Å². The fourth-order valence-electron chi connectivity index (χ4n) is 2.97. The van der Waals surface area contributed by atoms with Gasteiger partial charge in [0.15, 0.2) is 0 Å². The predicted molar refractivity (Wildman–Crippen MR) is 95.2 cm³/mol. The molecule has 0 amide bonds. The average Bonchev–Trinajstić information content (AvgIpc) is 2.81. The number of rotatable bonds is 5. The SMILES string of the molecule is CCCCNc1nc(N2CCSCC2)nc2c1CCNCC2. The second kappa shape index (κ2) is 8.02. The first-order chi connectivity index (χ1) is 10.9. The van der Waals surface area contributed by atoms with Gasteiger partial charge in [-0.3, -0.25) is 0 Å². The van der Waals surface area contributed by atoms with Gasteiger partial charge in [-0.1, -0.05) is 13.3 Å². The molecular formula is C16H27N5S. The summed E-state index contributed by atoms with van der Waals surface area (Å²) in [7, 11) is 0. The first-order valence-corrected chi connectivity index (χ1v) is 9.71. The lowest BCUT2D eigenvalue weighted by atomic mass is 10.1. The minimum absolute atomic E-state index is 0.931. The van der Waals surface area contributed by atoms with E-state index >= 15 is 0 Å². The average molecular weight is 321 g/mol. The molecule has 5 nitrogen and oxygen atoms in total. The maximum absolute atomic E-state index is 4.91. The first-order valence-electron chi connectivity index (χ1n) is 8.55. The second-order valence-corrected chi connectivity index (χ2v) is 7.15. The zero-order valence-corrected chi connectivity index (χ0v) is 14.3. The summed E-state index contributed by atoms with van der Waals surface area (Å²) in [5.41, 5.74) is 2.57. The molecule has 1 saturated heterocycles. The number of unbranched alkanes of at least 4 members (excludes halogenated alkanes) is 1. The van der Waals surface area contributed by atoms with Crippen LogP contribution in [0, 0.1) is 0 Å². The number of fused-ring (bicyclic) bond motifs is 1. The van der Waals surface area contributed by atoms with Crippen LogP contribution in [0.3, 0.4) is 0 Å². The number of aromatic nitrogens is 2. The Morgan fingerprint density at radius 1 is 1.18 bits per heavy atom. The highest BCUT2D eigenvalue weighted by molar-refractivity contribution is 7.99. The zero-order valence-electron chi connectivity index (χ0n) is 13.5. The highest BCUT2D eigenvalue weighted by Gasteiger charge is 2.20. The van der Waals surface area contributed by atoms with Crippen molar-refractivity contribution in [1.82, 2.24) is 15.3 Å². The van der Waals surface area contributed by atoms with Gasteiger partial charge in [0.1, 0.15) is 5.82 Å². The summed E-state index contributed by atoms with van der Waals surface area (Å²) in [6, 6.07) is 0. The third-order valence-corrected chi connectivity index (χ3v) is 5.23. The molecule has 0 aromatic carbocycles. The van der Waals surface area contributed by atoms with Gasteiger partial charge in [0.25, 0.3) is 0 Å². The lowest BCUT2D eigenvalue weighted by molar-refractivity contribution is 0.708. The molecule has 1 aromatic heterocycles. The molecule has 1 aromatic rings. The van der Waals surface area contributed by atoms with Crippen LogP contribution < -0.4 is 15.5 Å². The van der Waals surface area contributed by atoms with Crippen molar-refractivity contribution in [3.63, 3.8) is 0 Å². The third-order valence-electron chi connectivity index (χ3n) is 4.29. The van der Waals surface area contributed by atoms with Crippen LogP contribution in [0.15, 0.2) is 0 Å². The Balaban J connectivity index is 1.86. The minimum atomic E-state index is 0.931. The molecule has 0 atom stereocenters. The fourth-order valence-corrected chi connectivity index (χ4v) is 3.87. The van der Waals surface area contributed by atoms with Crippen LogP contribution in [0.1, 0.15) is 31.0 Å². The molecule has 22 heavy (non-hydrogen) atoms. The second-order valence-electron chi connectivity index (χ2n) is 5.93. The molecule has 2 aliphatic rings. The molecule has 3 heterocycles. The Kier molecular flexibility index (Phi) is 5.78. The molecule has 0 aliphatic carbocycles. The summed E-state index contributed by atoms with van der Waals surface area (Å²) >= 11 is 2.02. The van der Waals surface area contributed by atoms with Crippen LogP contribution in [0.4, 0.5) is 11.8 Å². The van der Waals surface area contributed by atoms with Gasteiger partial charge >= 0.3 is 0 Å². The highest BCUT2D eigenvalue weighted by Crippen LogP contribution is 2.24. The van der Waals surface area contributed by atoms with E-state index in [1.807, 2.05) is 11.8 Å². The number of nitrogens with one attached hydrogen (secondary N) is 2. The molecule has 0 radical (unpaired) electrons. The lowest BCUT2D eigenvalue weighted by Gasteiger charge is -2.27. The molecule has 1 fully saturated rings. The Morgan fingerprint density at radius 2 is 2.00 bits per heavy atom. The van der Waals surface area contributed by atoms with Crippen molar-refractivity contribution in [2.24, 2.45) is 0 Å². The van der Waals surface area contributed by atoms with Crippen molar-refractivity contribution >= 4 is 23.5 Å². The molecule has 2 N–H and O–H groups in total. The summed E-state index contributed by atoms with van der Waals surface area (Å²) in [5, 5.41) is 7.05. The molecule has 0 saturated carbocycles. The number of nitrogens with zero attached hydrogens (tertiary/aromatic N) is 3.